The molecule has 0 atom stereocenters. The van der Waals surface area contributed by atoms with E-state index in [1.165, 1.54) is 4.31 Å². The second-order valence-electron chi connectivity index (χ2n) is 6.88. The lowest BCUT2D eigenvalue weighted by Gasteiger charge is -2.34. The number of amides is 1. The monoisotopic (exact) mass is 399 g/mol. The van der Waals surface area contributed by atoms with Crippen molar-refractivity contribution in [3.8, 4) is 0 Å². The van der Waals surface area contributed by atoms with Gasteiger partial charge in [-0.2, -0.15) is 4.31 Å². The molecule has 2 aromatic carbocycles. The summed E-state index contributed by atoms with van der Waals surface area (Å²) in [6, 6.07) is 12.1. The van der Waals surface area contributed by atoms with E-state index in [-0.39, 0.29) is 19.0 Å². The molecule has 0 unspecified atom stereocenters. The minimum Gasteiger partial charge on any atom is -0.441 e. The first-order valence-electron chi connectivity index (χ1n) is 9.08. The third-order valence-electron chi connectivity index (χ3n) is 4.98. The molecule has 0 aliphatic carbocycles. The van der Waals surface area contributed by atoms with Crippen LogP contribution in [0.15, 0.2) is 51.8 Å². The van der Waals surface area contributed by atoms with Crippen molar-refractivity contribution >= 4 is 27.0 Å². The number of aromatic nitrogens is 1. The molecule has 1 amide bonds. The predicted molar refractivity (Wildman–Crippen MR) is 105 cm³/mol. The molecule has 1 saturated heterocycles. The molecule has 1 fully saturated rings. The molecule has 0 N–H and O–H groups in total. The summed E-state index contributed by atoms with van der Waals surface area (Å²) in [7, 11) is -3.56. The second kappa shape index (κ2) is 7.03. The summed E-state index contributed by atoms with van der Waals surface area (Å²) in [4.78, 5) is 19.1. The summed E-state index contributed by atoms with van der Waals surface area (Å²) in [5, 5.41) is 0. The Labute approximate surface area is 163 Å². The average Bonchev–Trinajstić information content (AvgIpc) is 3.07. The average molecular weight is 399 g/mol. The summed E-state index contributed by atoms with van der Waals surface area (Å²) in [5.74, 6) is 0.421. The van der Waals surface area contributed by atoms with Crippen LogP contribution in [0.1, 0.15) is 21.8 Å². The van der Waals surface area contributed by atoms with Crippen LogP contribution in [-0.4, -0.2) is 54.7 Å². The fourth-order valence-corrected chi connectivity index (χ4v) is 5.12. The quantitative estimate of drug-likeness (QED) is 0.676. The maximum absolute atomic E-state index is 12.9. The van der Waals surface area contributed by atoms with Crippen LogP contribution in [0, 0.1) is 13.8 Å². The highest BCUT2D eigenvalue weighted by Gasteiger charge is 2.31. The fraction of sp³-hybridized carbons (Fsp3) is 0.300. The largest absolute Gasteiger partial charge is 0.441 e. The van der Waals surface area contributed by atoms with Gasteiger partial charge in [-0.3, -0.25) is 4.79 Å². The van der Waals surface area contributed by atoms with Gasteiger partial charge < -0.3 is 9.32 Å². The molecule has 7 nitrogen and oxygen atoms in total. The Morgan fingerprint density at radius 2 is 1.75 bits per heavy atom. The third-order valence-corrected chi connectivity index (χ3v) is 7.04. The van der Waals surface area contributed by atoms with Crippen LogP contribution in [-0.2, 0) is 10.0 Å². The Balaban J connectivity index is 1.48. The number of sulfonamides is 1. The van der Waals surface area contributed by atoms with E-state index in [2.05, 4.69) is 4.98 Å². The number of benzene rings is 2. The van der Waals surface area contributed by atoms with E-state index >= 15 is 0 Å². The van der Waals surface area contributed by atoms with Gasteiger partial charge in [-0.05, 0) is 36.8 Å². The minimum atomic E-state index is -3.56. The molecule has 2 heterocycles. The van der Waals surface area contributed by atoms with E-state index in [1.807, 2.05) is 6.07 Å². The highest BCUT2D eigenvalue weighted by atomic mass is 32.2. The van der Waals surface area contributed by atoms with Crippen LogP contribution in [0.2, 0.25) is 0 Å². The van der Waals surface area contributed by atoms with E-state index in [4.69, 9.17) is 4.42 Å². The van der Waals surface area contributed by atoms with Gasteiger partial charge in [-0.15, -0.1) is 0 Å². The van der Waals surface area contributed by atoms with Crippen molar-refractivity contribution in [2.75, 3.05) is 26.2 Å². The molecular weight excluding hydrogens is 378 g/mol. The molecule has 146 valence electrons. The summed E-state index contributed by atoms with van der Waals surface area (Å²) >= 11 is 0. The first-order chi connectivity index (χ1) is 13.4. The molecule has 1 aromatic heterocycles. The van der Waals surface area contributed by atoms with E-state index in [0.29, 0.717) is 40.5 Å². The van der Waals surface area contributed by atoms with Gasteiger partial charge in [0.15, 0.2) is 11.5 Å². The van der Waals surface area contributed by atoms with Crippen molar-refractivity contribution in [2.24, 2.45) is 0 Å². The van der Waals surface area contributed by atoms with Gasteiger partial charge in [0.2, 0.25) is 10.0 Å². The lowest BCUT2D eigenvalue weighted by Crippen LogP contribution is -2.50. The molecule has 0 saturated carbocycles. The number of carbonyl (C=O) groups excluding carboxylic acids is 1. The van der Waals surface area contributed by atoms with Crippen molar-refractivity contribution in [3.63, 3.8) is 0 Å². The number of aryl methyl sites for hydroxylation is 2. The summed E-state index contributed by atoms with van der Waals surface area (Å²) in [5.41, 5.74) is 2.53. The number of oxazole rings is 1. The lowest BCUT2D eigenvalue weighted by atomic mass is 10.1. The molecule has 1 aliphatic heterocycles. The summed E-state index contributed by atoms with van der Waals surface area (Å²) in [6.07, 6.45) is 0. The smallest absolute Gasteiger partial charge is 0.254 e. The van der Waals surface area contributed by atoms with Gasteiger partial charge in [0, 0.05) is 38.7 Å². The Morgan fingerprint density at radius 3 is 2.46 bits per heavy atom. The zero-order valence-corrected chi connectivity index (χ0v) is 16.6. The van der Waals surface area contributed by atoms with Crippen molar-refractivity contribution in [2.45, 2.75) is 18.7 Å². The van der Waals surface area contributed by atoms with E-state index in [9.17, 15) is 13.2 Å². The van der Waals surface area contributed by atoms with Crippen molar-refractivity contribution in [3.05, 3.63) is 59.5 Å². The number of hydrogen-bond acceptors (Lipinski definition) is 5. The maximum atomic E-state index is 12.9. The number of fused-ring (bicyclic) bond motifs is 1. The van der Waals surface area contributed by atoms with Gasteiger partial charge in [-0.25, -0.2) is 13.4 Å². The number of carbonyl (C=O) groups is 1. The standard InChI is InChI=1S/C20H21N3O4S/c1-14-5-3-4-6-19(14)28(25,26)23-11-9-22(10-12-23)20(24)16-7-8-18-17(13-16)21-15(2)27-18/h3-8,13H,9-12H2,1-2H3. The Bertz CT molecular complexity index is 1150. The SMILES string of the molecule is Cc1nc2cc(C(=O)N3CCN(S(=O)(=O)c4ccccc4C)CC3)ccc2o1. The van der Waals surface area contributed by atoms with Crippen molar-refractivity contribution < 1.29 is 17.6 Å². The molecule has 0 spiro atoms. The van der Waals surface area contributed by atoms with Crippen LogP contribution in [0.25, 0.3) is 11.1 Å². The molecule has 8 heteroatoms. The number of hydrogen-bond donors (Lipinski definition) is 0. The zero-order chi connectivity index (χ0) is 19.9. The molecular formula is C20H21N3O4S. The Morgan fingerprint density at radius 1 is 1.04 bits per heavy atom. The molecule has 0 radical (unpaired) electrons. The summed E-state index contributed by atoms with van der Waals surface area (Å²) < 4.78 is 32.7. The molecule has 4 rings (SSSR count). The van der Waals surface area contributed by atoms with Crippen LogP contribution in [0.4, 0.5) is 0 Å². The van der Waals surface area contributed by atoms with Gasteiger partial charge >= 0.3 is 0 Å². The topological polar surface area (TPSA) is 83.7 Å². The van der Waals surface area contributed by atoms with Crippen molar-refractivity contribution in [1.29, 1.82) is 0 Å². The van der Waals surface area contributed by atoms with Gasteiger partial charge in [0.05, 0.1) is 4.90 Å². The number of nitrogens with zero attached hydrogens (tertiary/aromatic N) is 3. The molecule has 0 bridgehead atoms. The maximum Gasteiger partial charge on any atom is 0.254 e. The first kappa shape index (κ1) is 18.6. The second-order valence-corrected chi connectivity index (χ2v) is 8.78. The van der Waals surface area contributed by atoms with Crippen molar-refractivity contribution in [1.82, 2.24) is 14.2 Å². The fourth-order valence-electron chi connectivity index (χ4n) is 3.47. The van der Waals surface area contributed by atoms with Crippen LogP contribution >= 0.6 is 0 Å². The normalized spacial score (nSPS) is 15.9. The molecule has 28 heavy (non-hydrogen) atoms. The zero-order valence-electron chi connectivity index (χ0n) is 15.8. The number of rotatable bonds is 3. The van der Waals surface area contributed by atoms with E-state index in [0.717, 1.165) is 5.56 Å². The predicted octanol–water partition coefficient (Wildman–Crippen LogP) is 2.59. The first-order valence-corrected chi connectivity index (χ1v) is 10.5. The van der Waals surface area contributed by atoms with Crippen LogP contribution < -0.4 is 0 Å². The van der Waals surface area contributed by atoms with Gasteiger partial charge in [0.25, 0.3) is 5.91 Å². The third kappa shape index (κ3) is 3.29. The Kier molecular flexibility index (Phi) is 4.68. The summed E-state index contributed by atoms with van der Waals surface area (Å²) in [6.45, 7) is 4.78. The Hall–Kier alpha value is -2.71. The van der Waals surface area contributed by atoms with E-state index in [1.54, 1.807) is 55.1 Å². The highest BCUT2D eigenvalue weighted by Crippen LogP contribution is 2.22. The highest BCUT2D eigenvalue weighted by molar-refractivity contribution is 7.89. The molecule has 3 aromatic rings. The van der Waals surface area contributed by atoms with Gasteiger partial charge in [-0.1, -0.05) is 18.2 Å². The molecule has 1 aliphatic rings. The van der Waals surface area contributed by atoms with E-state index < -0.39 is 10.0 Å². The lowest BCUT2D eigenvalue weighted by molar-refractivity contribution is 0.0698. The van der Waals surface area contributed by atoms with Crippen LogP contribution in [0.3, 0.4) is 0 Å². The van der Waals surface area contributed by atoms with Gasteiger partial charge in [0.1, 0.15) is 5.52 Å². The van der Waals surface area contributed by atoms with Crippen LogP contribution in [0.5, 0.6) is 0 Å². The number of piperazine rings is 1. The minimum absolute atomic E-state index is 0.129.